The zero-order valence-corrected chi connectivity index (χ0v) is 18.9. The molecule has 0 saturated heterocycles. The van der Waals surface area contributed by atoms with Gasteiger partial charge in [0.15, 0.2) is 11.5 Å². The third-order valence-electron chi connectivity index (χ3n) is 4.69. The molecule has 2 aromatic rings. The molecule has 0 radical (unpaired) electrons. The summed E-state index contributed by atoms with van der Waals surface area (Å²) >= 11 is -2.10. The van der Waals surface area contributed by atoms with Gasteiger partial charge in [0.2, 0.25) is 5.91 Å². The molecule has 1 amide bonds. The third-order valence-corrected chi connectivity index (χ3v) is 5.31. The van der Waals surface area contributed by atoms with Crippen molar-refractivity contribution in [2.24, 2.45) is 0 Å². The Morgan fingerprint density at radius 2 is 1.74 bits per heavy atom. The Morgan fingerprint density at radius 1 is 1.00 bits per heavy atom. The second-order valence-corrected chi connectivity index (χ2v) is 8.02. The number of methoxy groups -OCH3 is 2. The van der Waals surface area contributed by atoms with Crippen molar-refractivity contribution in [3.05, 3.63) is 53.6 Å². The topological polar surface area (TPSA) is 96.9 Å². The minimum Gasteiger partial charge on any atom is -0.772 e. The maximum Gasteiger partial charge on any atom is 0.220 e. The lowest BCUT2D eigenvalue weighted by Crippen LogP contribution is -2.28. The first-order valence-electron chi connectivity index (χ1n) is 10.3. The molecule has 1 N–H and O–H groups in total. The van der Waals surface area contributed by atoms with Crippen LogP contribution in [0.15, 0.2) is 42.5 Å². The fourth-order valence-corrected chi connectivity index (χ4v) is 3.50. The lowest BCUT2D eigenvalue weighted by atomic mass is 10.0. The summed E-state index contributed by atoms with van der Waals surface area (Å²) in [5.41, 5.74) is 2.38. The fourth-order valence-electron chi connectivity index (χ4n) is 3.12. The van der Waals surface area contributed by atoms with Crippen LogP contribution in [-0.2, 0) is 28.7 Å². The van der Waals surface area contributed by atoms with Crippen LogP contribution in [0, 0.1) is 0 Å². The highest BCUT2D eigenvalue weighted by atomic mass is 32.2. The standard InChI is InChI=1S/C23H31NO6S/c1-28-21-12-11-19(17-22(21)29-2)7-3-6-18-8-4-9-20(16-18)30-14-13-24-23(25)10-5-15-31(26)27/h4,8-9,11-12,16-17H,3,5-7,10,13-15H2,1-2H3,(H,24,25)(H,26,27)/p-1. The molecule has 0 aromatic heterocycles. The number of hydrogen-bond donors (Lipinski definition) is 1. The summed E-state index contributed by atoms with van der Waals surface area (Å²) in [6.07, 6.45) is 3.36. The Labute approximate surface area is 186 Å². The van der Waals surface area contributed by atoms with Gasteiger partial charge in [-0.25, -0.2) is 0 Å². The summed E-state index contributed by atoms with van der Waals surface area (Å²) in [7, 11) is 3.26. The van der Waals surface area contributed by atoms with E-state index in [-0.39, 0.29) is 18.1 Å². The van der Waals surface area contributed by atoms with Crippen LogP contribution < -0.4 is 19.5 Å². The van der Waals surface area contributed by atoms with Crippen LogP contribution in [0.4, 0.5) is 0 Å². The molecule has 2 aromatic carbocycles. The molecule has 0 aliphatic rings. The number of rotatable bonds is 14. The van der Waals surface area contributed by atoms with Gasteiger partial charge in [-0.05, 0) is 61.1 Å². The van der Waals surface area contributed by atoms with Gasteiger partial charge in [-0.3, -0.25) is 9.00 Å². The summed E-state index contributed by atoms with van der Waals surface area (Å²) in [4.78, 5) is 11.6. The van der Waals surface area contributed by atoms with Gasteiger partial charge in [0, 0.05) is 12.2 Å². The first kappa shape index (κ1) is 24.7. The van der Waals surface area contributed by atoms with E-state index in [4.69, 9.17) is 14.2 Å². The van der Waals surface area contributed by atoms with Crippen molar-refractivity contribution in [2.75, 3.05) is 33.1 Å². The third kappa shape index (κ3) is 9.40. The molecule has 0 saturated carbocycles. The van der Waals surface area contributed by atoms with E-state index in [2.05, 4.69) is 17.4 Å². The number of aryl methyl sites for hydroxylation is 2. The average Bonchev–Trinajstić information content (AvgIpc) is 2.76. The molecule has 0 bridgehead atoms. The zero-order chi connectivity index (χ0) is 22.5. The van der Waals surface area contributed by atoms with E-state index < -0.39 is 11.1 Å². The Bertz CT molecular complexity index is 858. The number of ether oxygens (including phenoxy) is 3. The molecule has 1 atom stereocenters. The second-order valence-electron chi connectivity index (χ2n) is 7.00. The van der Waals surface area contributed by atoms with Gasteiger partial charge in [0.1, 0.15) is 12.4 Å². The summed E-state index contributed by atoms with van der Waals surface area (Å²) in [6, 6.07) is 13.9. The van der Waals surface area contributed by atoms with Crippen molar-refractivity contribution < 1.29 is 27.8 Å². The van der Waals surface area contributed by atoms with E-state index in [1.54, 1.807) is 14.2 Å². The van der Waals surface area contributed by atoms with Gasteiger partial charge in [-0.2, -0.15) is 0 Å². The first-order valence-corrected chi connectivity index (χ1v) is 11.5. The molecule has 31 heavy (non-hydrogen) atoms. The Kier molecular flexibility index (Phi) is 10.9. The molecule has 2 rings (SSSR count). The lowest BCUT2D eigenvalue weighted by Gasteiger charge is -2.11. The number of benzene rings is 2. The van der Waals surface area contributed by atoms with E-state index in [1.807, 2.05) is 30.3 Å². The molecular formula is C23H30NO6S-. The normalized spacial score (nSPS) is 11.6. The average molecular weight is 449 g/mol. The maximum atomic E-state index is 11.6. The van der Waals surface area contributed by atoms with Crippen molar-refractivity contribution in [1.29, 1.82) is 0 Å². The maximum absolute atomic E-state index is 11.6. The Balaban J connectivity index is 1.71. The fraction of sp³-hybridized carbons (Fsp3) is 0.435. The van der Waals surface area contributed by atoms with Gasteiger partial charge in [0.05, 0.1) is 20.8 Å². The quantitative estimate of drug-likeness (QED) is 0.352. The summed E-state index contributed by atoms with van der Waals surface area (Å²) in [6.45, 7) is 0.733. The molecular weight excluding hydrogens is 418 g/mol. The minimum atomic E-state index is -2.10. The van der Waals surface area contributed by atoms with Crippen LogP contribution in [-0.4, -0.2) is 47.8 Å². The Hall–Kier alpha value is -2.58. The molecule has 0 fully saturated rings. The smallest absolute Gasteiger partial charge is 0.220 e. The van der Waals surface area contributed by atoms with E-state index in [0.29, 0.717) is 19.6 Å². The predicted octanol–water partition coefficient (Wildman–Crippen LogP) is 3.03. The van der Waals surface area contributed by atoms with Crippen molar-refractivity contribution in [1.82, 2.24) is 5.32 Å². The molecule has 7 nitrogen and oxygen atoms in total. The van der Waals surface area contributed by atoms with Crippen LogP contribution in [0.3, 0.4) is 0 Å². The summed E-state index contributed by atoms with van der Waals surface area (Å²) < 4.78 is 37.2. The SMILES string of the molecule is COc1ccc(CCCc2cccc(OCCNC(=O)CCCS(=O)[O-])c2)cc1OC. The number of nitrogens with one attached hydrogen (secondary N) is 1. The van der Waals surface area contributed by atoms with E-state index in [0.717, 1.165) is 36.5 Å². The number of carbonyl (C=O) groups is 1. The van der Waals surface area contributed by atoms with Crippen molar-refractivity contribution >= 4 is 17.0 Å². The van der Waals surface area contributed by atoms with Crippen molar-refractivity contribution in [3.63, 3.8) is 0 Å². The largest absolute Gasteiger partial charge is 0.772 e. The van der Waals surface area contributed by atoms with Crippen LogP contribution >= 0.6 is 0 Å². The molecule has 170 valence electrons. The van der Waals surface area contributed by atoms with Gasteiger partial charge in [-0.1, -0.05) is 29.3 Å². The van der Waals surface area contributed by atoms with Gasteiger partial charge >= 0.3 is 0 Å². The van der Waals surface area contributed by atoms with E-state index in [9.17, 15) is 13.6 Å². The van der Waals surface area contributed by atoms with Crippen molar-refractivity contribution in [2.45, 2.75) is 32.1 Å². The zero-order valence-electron chi connectivity index (χ0n) is 18.1. The van der Waals surface area contributed by atoms with E-state index in [1.165, 1.54) is 11.1 Å². The molecule has 0 aliphatic heterocycles. The van der Waals surface area contributed by atoms with Gasteiger partial charge in [-0.15, -0.1) is 0 Å². The van der Waals surface area contributed by atoms with Crippen LogP contribution in [0.1, 0.15) is 30.4 Å². The highest BCUT2D eigenvalue weighted by molar-refractivity contribution is 7.79. The highest BCUT2D eigenvalue weighted by Gasteiger charge is 2.05. The molecule has 0 spiro atoms. The summed E-state index contributed by atoms with van der Waals surface area (Å²) in [5.74, 6) is 2.06. The van der Waals surface area contributed by atoms with Gasteiger partial charge in [0.25, 0.3) is 0 Å². The van der Waals surface area contributed by atoms with Crippen LogP contribution in [0.5, 0.6) is 17.2 Å². The van der Waals surface area contributed by atoms with E-state index >= 15 is 0 Å². The molecule has 8 heteroatoms. The monoisotopic (exact) mass is 448 g/mol. The molecule has 0 aliphatic carbocycles. The summed E-state index contributed by atoms with van der Waals surface area (Å²) in [5, 5.41) is 2.73. The number of carbonyl (C=O) groups excluding carboxylic acids is 1. The predicted molar refractivity (Wildman–Crippen MR) is 120 cm³/mol. The van der Waals surface area contributed by atoms with Crippen molar-refractivity contribution in [3.8, 4) is 17.2 Å². The molecule has 1 unspecified atom stereocenters. The minimum absolute atomic E-state index is 0.00270. The Morgan fingerprint density at radius 3 is 2.45 bits per heavy atom. The lowest BCUT2D eigenvalue weighted by molar-refractivity contribution is -0.121. The van der Waals surface area contributed by atoms with Crippen LogP contribution in [0.25, 0.3) is 0 Å². The number of hydrogen-bond acceptors (Lipinski definition) is 6. The highest BCUT2D eigenvalue weighted by Crippen LogP contribution is 2.28. The second kappa shape index (κ2) is 13.7. The van der Waals surface area contributed by atoms with Gasteiger partial charge < -0.3 is 24.1 Å². The molecule has 0 heterocycles. The first-order chi connectivity index (χ1) is 15.0. The number of amides is 1. The van der Waals surface area contributed by atoms with Crippen LogP contribution in [0.2, 0.25) is 0 Å².